The molecule has 1 aliphatic rings. The summed E-state index contributed by atoms with van der Waals surface area (Å²) in [6, 6.07) is 4.66. The predicted molar refractivity (Wildman–Crippen MR) is 93.4 cm³/mol. The molecule has 0 atom stereocenters. The highest BCUT2D eigenvalue weighted by Crippen LogP contribution is 2.22. The highest BCUT2D eigenvalue weighted by atomic mass is 35.5. The topological polar surface area (TPSA) is 58.4 Å². The van der Waals surface area contributed by atoms with Gasteiger partial charge in [0.1, 0.15) is 10.7 Å². The van der Waals surface area contributed by atoms with Crippen LogP contribution in [0.5, 0.6) is 0 Å². The lowest BCUT2D eigenvalue weighted by atomic mass is 10.2. The van der Waals surface area contributed by atoms with E-state index in [1.807, 2.05) is 0 Å². The molecule has 1 aromatic carbocycles. The Hall–Kier alpha value is -1.48. The van der Waals surface area contributed by atoms with Crippen LogP contribution in [0.3, 0.4) is 0 Å². The molecule has 6 nitrogen and oxygen atoms in total. The first kappa shape index (κ1) is 18.3. The molecule has 0 aliphatic carbocycles. The third kappa shape index (κ3) is 3.72. The monoisotopic (exact) mass is 386 g/mol. The molecule has 1 aliphatic heterocycles. The molecule has 2 heterocycles. The second-order valence-electron chi connectivity index (χ2n) is 6.15. The normalized spacial score (nSPS) is 17.1. The van der Waals surface area contributed by atoms with Crippen molar-refractivity contribution in [3.63, 3.8) is 0 Å². The summed E-state index contributed by atoms with van der Waals surface area (Å²) in [5.74, 6) is -0.437. The van der Waals surface area contributed by atoms with Crippen LogP contribution in [0.15, 0.2) is 29.3 Å². The van der Waals surface area contributed by atoms with E-state index in [9.17, 15) is 12.8 Å². The average molecular weight is 387 g/mol. The van der Waals surface area contributed by atoms with Gasteiger partial charge in [-0.05, 0) is 24.6 Å². The summed E-state index contributed by atoms with van der Waals surface area (Å²) >= 11 is 5.81. The van der Waals surface area contributed by atoms with Crippen molar-refractivity contribution in [2.45, 2.75) is 18.4 Å². The van der Waals surface area contributed by atoms with Crippen LogP contribution in [-0.4, -0.2) is 53.6 Å². The number of halogens is 2. The third-order valence-electron chi connectivity index (χ3n) is 4.53. The first-order valence-electron chi connectivity index (χ1n) is 7.94. The number of sulfonamides is 1. The Bertz CT molecular complexity index is 876. The van der Waals surface area contributed by atoms with E-state index in [-0.39, 0.29) is 9.92 Å². The number of aromatic nitrogens is 2. The number of rotatable bonds is 4. The maximum atomic E-state index is 13.2. The van der Waals surface area contributed by atoms with E-state index in [1.54, 1.807) is 30.8 Å². The zero-order chi connectivity index (χ0) is 18.2. The summed E-state index contributed by atoms with van der Waals surface area (Å²) in [5.41, 5.74) is 1.54. The van der Waals surface area contributed by atoms with Crippen LogP contribution in [0.2, 0.25) is 5.02 Å². The molecule has 0 N–H and O–H groups in total. The average Bonchev–Trinajstić information content (AvgIpc) is 2.91. The van der Waals surface area contributed by atoms with E-state index in [1.165, 1.54) is 16.6 Å². The van der Waals surface area contributed by atoms with Crippen LogP contribution in [0, 0.1) is 12.7 Å². The second kappa shape index (κ2) is 7.03. The lowest BCUT2D eigenvalue weighted by molar-refractivity contribution is 0.181. The minimum Gasteiger partial charge on any atom is -0.296 e. The van der Waals surface area contributed by atoms with Gasteiger partial charge in [-0.15, -0.1) is 0 Å². The summed E-state index contributed by atoms with van der Waals surface area (Å²) < 4.78 is 41.8. The fraction of sp³-hybridized carbons (Fsp3) is 0.438. The van der Waals surface area contributed by atoms with Gasteiger partial charge in [0.25, 0.3) is 0 Å². The Morgan fingerprint density at radius 2 is 1.92 bits per heavy atom. The van der Waals surface area contributed by atoms with E-state index in [4.69, 9.17) is 11.6 Å². The third-order valence-corrected chi connectivity index (χ3v) is 6.82. The number of hydrogen-bond acceptors (Lipinski definition) is 4. The molecule has 0 bridgehead atoms. The van der Waals surface area contributed by atoms with Crippen molar-refractivity contribution in [3.05, 3.63) is 46.5 Å². The van der Waals surface area contributed by atoms with Crippen molar-refractivity contribution < 1.29 is 12.8 Å². The quantitative estimate of drug-likeness (QED) is 0.806. The molecule has 9 heteroatoms. The van der Waals surface area contributed by atoms with E-state index in [0.29, 0.717) is 38.4 Å². The van der Waals surface area contributed by atoms with Gasteiger partial charge in [0.2, 0.25) is 10.0 Å². The summed E-state index contributed by atoms with van der Waals surface area (Å²) in [6.07, 6.45) is 1.40. The SMILES string of the molecule is Cc1c(S(=O)(=O)N2CCN(Cc3ccc(F)c(Cl)c3)CC2)cnn1C. The van der Waals surface area contributed by atoms with Gasteiger partial charge in [-0.2, -0.15) is 9.40 Å². The predicted octanol–water partition coefficient (Wildman–Crippen LogP) is 2.03. The molecule has 136 valence electrons. The molecule has 2 aromatic rings. The fourth-order valence-electron chi connectivity index (χ4n) is 2.90. The van der Waals surface area contributed by atoms with Gasteiger partial charge >= 0.3 is 0 Å². The molecule has 0 amide bonds. The largest absolute Gasteiger partial charge is 0.296 e. The van der Waals surface area contributed by atoms with E-state index in [2.05, 4.69) is 10.00 Å². The van der Waals surface area contributed by atoms with E-state index in [0.717, 1.165) is 5.56 Å². The Balaban J connectivity index is 1.65. The van der Waals surface area contributed by atoms with E-state index >= 15 is 0 Å². The molecule has 1 saturated heterocycles. The van der Waals surface area contributed by atoms with E-state index < -0.39 is 15.8 Å². The summed E-state index contributed by atoms with van der Waals surface area (Å²) in [4.78, 5) is 2.39. The molecular formula is C16H20ClFN4O2S. The Labute approximate surface area is 151 Å². The number of piperazine rings is 1. The van der Waals surface area contributed by atoms with Crippen LogP contribution in [0.25, 0.3) is 0 Å². The van der Waals surface area contributed by atoms with Crippen LogP contribution in [0.1, 0.15) is 11.3 Å². The summed E-state index contributed by atoms with van der Waals surface area (Å²) in [5, 5.41) is 4.12. The molecule has 0 unspecified atom stereocenters. The molecule has 0 saturated carbocycles. The minimum atomic E-state index is -3.53. The molecule has 3 rings (SSSR count). The van der Waals surface area contributed by atoms with Crippen molar-refractivity contribution in [2.24, 2.45) is 7.05 Å². The van der Waals surface area contributed by atoms with Crippen molar-refractivity contribution in [2.75, 3.05) is 26.2 Å². The van der Waals surface area contributed by atoms with Crippen molar-refractivity contribution in [1.29, 1.82) is 0 Å². The van der Waals surface area contributed by atoms with Gasteiger partial charge in [0.15, 0.2) is 0 Å². The summed E-state index contributed by atoms with van der Waals surface area (Å²) in [7, 11) is -1.81. The zero-order valence-corrected chi connectivity index (χ0v) is 15.7. The maximum Gasteiger partial charge on any atom is 0.246 e. The van der Waals surface area contributed by atoms with Crippen LogP contribution >= 0.6 is 11.6 Å². The zero-order valence-electron chi connectivity index (χ0n) is 14.1. The number of aryl methyl sites for hydroxylation is 1. The van der Waals surface area contributed by atoms with Crippen molar-refractivity contribution >= 4 is 21.6 Å². The fourth-order valence-corrected chi connectivity index (χ4v) is 4.71. The Morgan fingerprint density at radius 3 is 2.48 bits per heavy atom. The first-order valence-corrected chi connectivity index (χ1v) is 9.76. The second-order valence-corrected chi connectivity index (χ2v) is 8.46. The van der Waals surface area contributed by atoms with Crippen LogP contribution in [0.4, 0.5) is 4.39 Å². The van der Waals surface area contributed by atoms with Gasteiger partial charge in [0, 0.05) is 39.8 Å². The Morgan fingerprint density at radius 1 is 1.24 bits per heavy atom. The van der Waals surface area contributed by atoms with Crippen molar-refractivity contribution in [3.8, 4) is 0 Å². The van der Waals surface area contributed by atoms with Gasteiger partial charge in [-0.1, -0.05) is 17.7 Å². The molecular weight excluding hydrogens is 367 g/mol. The van der Waals surface area contributed by atoms with Gasteiger partial charge in [-0.3, -0.25) is 9.58 Å². The number of nitrogens with zero attached hydrogens (tertiary/aromatic N) is 4. The molecule has 25 heavy (non-hydrogen) atoms. The molecule has 1 aromatic heterocycles. The lowest BCUT2D eigenvalue weighted by Gasteiger charge is -2.33. The highest BCUT2D eigenvalue weighted by molar-refractivity contribution is 7.89. The van der Waals surface area contributed by atoms with Gasteiger partial charge in [-0.25, -0.2) is 12.8 Å². The molecule has 0 spiro atoms. The number of benzene rings is 1. The lowest BCUT2D eigenvalue weighted by Crippen LogP contribution is -2.48. The molecule has 0 radical (unpaired) electrons. The standard InChI is InChI=1S/C16H20ClFN4O2S/c1-12-16(10-19-20(12)2)25(23,24)22-7-5-21(6-8-22)11-13-3-4-15(18)14(17)9-13/h3-4,9-10H,5-8,11H2,1-2H3. The van der Waals surface area contributed by atoms with Crippen LogP contribution in [-0.2, 0) is 23.6 Å². The maximum absolute atomic E-state index is 13.2. The smallest absolute Gasteiger partial charge is 0.246 e. The summed E-state index contributed by atoms with van der Waals surface area (Å²) in [6.45, 7) is 4.38. The highest BCUT2D eigenvalue weighted by Gasteiger charge is 2.31. The van der Waals surface area contributed by atoms with Crippen LogP contribution < -0.4 is 0 Å². The van der Waals surface area contributed by atoms with Crippen molar-refractivity contribution in [1.82, 2.24) is 19.0 Å². The van der Waals surface area contributed by atoms with Gasteiger partial charge in [0.05, 0.1) is 16.9 Å². The minimum absolute atomic E-state index is 0.103. The van der Waals surface area contributed by atoms with Gasteiger partial charge < -0.3 is 0 Å². The first-order chi connectivity index (χ1) is 11.8. The number of hydrogen-bond donors (Lipinski definition) is 0. The Kier molecular flexibility index (Phi) is 5.15. The molecule has 1 fully saturated rings.